The number of fused-ring (bicyclic) bond motifs is 3. The van der Waals surface area contributed by atoms with Gasteiger partial charge >= 0.3 is 0 Å². The van der Waals surface area contributed by atoms with Crippen molar-refractivity contribution in [1.82, 2.24) is 10.3 Å². The lowest BCUT2D eigenvalue weighted by atomic mass is 10.1. The van der Waals surface area contributed by atoms with E-state index in [1.807, 2.05) is 42.5 Å². The maximum Gasteiger partial charge on any atom is 0.161 e. The predicted octanol–water partition coefficient (Wildman–Crippen LogP) is 3.74. The van der Waals surface area contributed by atoms with Crippen molar-refractivity contribution in [3.05, 3.63) is 66.7 Å². The van der Waals surface area contributed by atoms with Gasteiger partial charge in [0.05, 0.1) is 15.4 Å². The molecule has 0 amide bonds. The molecule has 4 rings (SSSR count). The number of nitrogens with one attached hydrogen (secondary N) is 2. The van der Waals surface area contributed by atoms with Crippen LogP contribution in [0.15, 0.2) is 66.7 Å². The first-order valence-corrected chi connectivity index (χ1v) is 9.59. The molecule has 0 bridgehead atoms. The van der Waals surface area contributed by atoms with Crippen molar-refractivity contribution in [2.24, 2.45) is 0 Å². The fourth-order valence-electron chi connectivity index (χ4n) is 3.22. The van der Waals surface area contributed by atoms with Crippen molar-refractivity contribution >= 4 is 21.8 Å². The summed E-state index contributed by atoms with van der Waals surface area (Å²) in [4.78, 5) is 3.33. The summed E-state index contributed by atoms with van der Waals surface area (Å²) in [6.07, 6.45) is -1.10. The minimum absolute atomic E-state index is 0.0661. The predicted molar refractivity (Wildman–Crippen MR) is 119 cm³/mol. The number of ether oxygens (including phenoxy) is 3. The number of rotatable bonds is 10. The molecular formula is C24H26N2O4. The van der Waals surface area contributed by atoms with Crippen LogP contribution in [0.3, 0.4) is 0 Å². The maximum atomic E-state index is 10.4. The van der Waals surface area contributed by atoms with E-state index in [-0.39, 0.29) is 24.7 Å². The lowest BCUT2D eigenvalue weighted by Crippen LogP contribution is -2.33. The van der Waals surface area contributed by atoms with Crippen molar-refractivity contribution in [2.75, 3.05) is 33.3 Å². The van der Waals surface area contributed by atoms with Crippen LogP contribution in [0.4, 0.5) is 0 Å². The molecule has 156 valence electrons. The smallest absolute Gasteiger partial charge is 0.161 e. The van der Waals surface area contributed by atoms with Crippen LogP contribution in [0.1, 0.15) is 5.48 Å². The largest absolute Gasteiger partial charge is 0.493 e. The minimum atomic E-state index is -2.75. The molecule has 0 fully saturated rings. The quantitative estimate of drug-likeness (QED) is 0.371. The number of H-pyrrole nitrogens is 1. The number of benzene rings is 3. The second kappa shape index (κ2) is 9.52. The third kappa shape index (κ3) is 4.50. The maximum absolute atomic E-state index is 10.4. The molecule has 3 aromatic carbocycles. The Balaban J connectivity index is 1.39. The molecule has 1 heterocycles. The molecule has 6 heteroatoms. The number of hydrogen-bond donors (Lipinski definition) is 3. The van der Waals surface area contributed by atoms with Gasteiger partial charge in [0.1, 0.15) is 25.0 Å². The first-order valence-electron chi connectivity index (χ1n) is 11.6. The summed E-state index contributed by atoms with van der Waals surface area (Å²) in [5.74, 6) is 0.935. The van der Waals surface area contributed by atoms with Gasteiger partial charge in [-0.15, -0.1) is 0 Å². The van der Waals surface area contributed by atoms with E-state index < -0.39 is 19.2 Å². The second-order valence-corrected chi connectivity index (χ2v) is 6.68. The standard InChI is InChI=1S/C24H26N2O4/c1-28-21-10-4-5-11-22(21)29-14-13-25-15-17(27)16-30-23-12-6-9-20-24(23)18-7-2-3-8-19(18)26-20/h2-12,17,25-27H,13-16H2,1H3/t17-/m1/s1/i13D2,14D2. The number of aromatic nitrogens is 1. The Labute approximate surface area is 181 Å². The monoisotopic (exact) mass is 410 g/mol. The van der Waals surface area contributed by atoms with E-state index in [2.05, 4.69) is 10.3 Å². The first kappa shape index (κ1) is 15.6. The van der Waals surface area contributed by atoms with Crippen LogP contribution in [-0.4, -0.2) is 49.5 Å². The highest BCUT2D eigenvalue weighted by Crippen LogP contribution is 2.33. The van der Waals surface area contributed by atoms with Crippen LogP contribution in [-0.2, 0) is 0 Å². The summed E-state index contributed by atoms with van der Waals surface area (Å²) in [5, 5.41) is 14.7. The molecule has 1 atom stereocenters. The molecule has 0 aliphatic heterocycles. The van der Waals surface area contributed by atoms with Crippen molar-refractivity contribution in [3.63, 3.8) is 0 Å². The third-order valence-electron chi connectivity index (χ3n) is 4.63. The lowest BCUT2D eigenvalue weighted by molar-refractivity contribution is 0.106. The van der Waals surface area contributed by atoms with Crippen LogP contribution in [0.2, 0.25) is 0 Å². The van der Waals surface area contributed by atoms with Gasteiger partial charge in [0.15, 0.2) is 11.5 Å². The lowest BCUT2D eigenvalue weighted by Gasteiger charge is -2.15. The molecule has 0 unspecified atom stereocenters. The van der Waals surface area contributed by atoms with Crippen LogP contribution >= 0.6 is 0 Å². The summed E-state index contributed by atoms with van der Waals surface area (Å²) in [7, 11) is 1.41. The molecule has 0 aliphatic rings. The molecule has 0 radical (unpaired) electrons. The zero-order chi connectivity index (χ0) is 24.3. The fraction of sp³-hybridized carbons (Fsp3) is 0.250. The Morgan fingerprint density at radius 1 is 0.933 bits per heavy atom. The first-order chi connectivity index (χ1) is 16.2. The van der Waals surface area contributed by atoms with Crippen LogP contribution < -0.4 is 19.5 Å². The second-order valence-electron chi connectivity index (χ2n) is 6.68. The Morgan fingerprint density at radius 2 is 1.67 bits per heavy atom. The topological polar surface area (TPSA) is 75.7 Å². The number of aliphatic hydroxyl groups is 1. The van der Waals surface area contributed by atoms with Crippen LogP contribution in [0.25, 0.3) is 21.8 Å². The minimum Gasteiger partial charge on any atom is -0.493 e. The highest BCUT2D eigenvalue weighted by molar-refractivity contribution is 6.10. The number of aromatic amines is 1. The fourth-order valence-corrected chi connectivity index (χ4v) is 3.22. The Hall–Kier alpha value is -3.22. The molecule has 4 aromatic rings. The van der Waals surface area contributed by atoms with E-state index in [0.29, 0.717) is 5.75 Å². The number of para-hydroxylation sites is 3. The Kier molecular flexibility index (Phi) is 4.95. The molecule has 0 saturated heterocycles. The summed E-state index contributed by atoms with van der Waals surface area (Å²) >= 11 is 0. The normalized spacial score (nSPS) is 15.1. The van der Waals surface area contributed by atoms with Gasteiger partial charge in [-0.25, -0.2) is 0 Å². The van der Waals surface area contributed by atoms with Crippen molar-refractivity contribution < 1.29 is 24.8 Å². The van der Waals surface area contributed by atoms with Gasteiger partial charge < -0.3 is 29.6 Å². The molecule has 0 aliphatic carbocycles. The van der Waals surface area contributed by atoms with Gasteiger partial charge in [-0.1, -0.05) is 36.4 Å². The summed E-state index contributed by atoms with van der Waals surface area (Å²) in [6, 6.07) is 19.8. The molecule has 0 spiro atoms. The molecule has 30 heavy (non-hydrogen) atoms. The summed E-state index contributed by atoms with van der Waals surface area (Å²) < 4.78 is 48.7. The van der Waals surface area contributed by atoms with Gasteiger partial charge in [0.2, 0.25) is 0 Å². The molecule has 0 saturated carbocycles. The number of methoxy groups -OCH3 is 1. The summed E-state index contributed by atoms with van der Waals surface area (Å²) in [6.45, 7) is -5.74. The van der Waals surface area contributed by atoms with E-state index >= 15 is 0 Å². The van der Waals surface area contributed by atoms with Gasteiger partial charge in [0, 0.05) is 32.1 Å². The SMILES string of the molecule is [2H]C([2H])(NC[C@@H](O)COc1cccc2[nH]c3ccccc3c12)C([2H])([2H])Oc1ccccc1OC. The average molecular weight is 411 g/mol. The van der Waals surface area contributed by atoms with E-state index in [1.165, 1.54) is 13.2 Å². The zero-order valence-corrected chi connectivity index (χ0v) is 16.5. The van der Waals surface area contributed by atoms with E-state index in [1.54, 1.807) is 18.2 Å². The van der Waals surface area contributed by atoms with E-state index in [0.717, 1.165) is 21.8 Å². The number of hydrogen-bond acceptors (Lipinski definition) is 5. The molecule has 6 nitrogen and oxygen atoms in total. The molecular weight excluding hydrogens is 380 g/mol. The molecule has 1 aromatic heterocycles. The third-order valence-corrected chi connectivity index (χ3v) is 4.63. The van der Waals surface area contributed by atoms with Gasteiger partial charge in [0.25, 0.3) is 0 Å². The van der Waals surface area contributed by atoms with Gasteiger partial charge in [-0.2, -0.15) is 0 Å². The molecule has 3 N–H and O–H groups in total. The van der Waals surface area contributed by atoms with Gasteiger partial charge in [-0.3, -0.25) is 0 Å². The highest BCUT2D eigenvalue weighted by atomic mass is 16.5. The zero-order valence-electron chi connectivity index (χ0n) is 20.5. The summed E-state index contributed by atoms with van der Waals surface area (Å²) in [5.41, 5.74) is 1.88. The van der Waals surface area contributed by atoms with Crippen molar-refractivity contribution in [2.45, 2.75) is 6.10 Å². The Morgan fingerprint density at radius 3 is 2.53 bits per heavy atom. The van der Waals surface area contributed by atoms with Gasteiger partial charge in [-0.05, 0) is 30.3 Å². The Bertz CT molecular complexity index is 1280. The van der Waals surface area contributed by atoms with E-state index in [4.69, 9.17) is 19.7 Å². The highest BCUT2D eigenvalue weighted by Gasteiger charge is 2.11. The van der Waals surface area contributed by atoms with Crippen LogP contribution in [0.5, 0.6) is 17.2 Å². The van der Waals surface area contributed by atoms with Crippen molar-refractivity contribution in [3.8, 4) is 17.2 Å². The van der Waals surface area contributed by atoms with E-state index in [9.17, 15) is 5.11 Å². The average Bonchev–Trinajstić information content (AvgIpc) is 3.21. The van der Waals surface area contributed by atoms with Crippen LogP contribution in [0, 0.1) is 0 Å². The number of aliphatic hydroxyl groups excluding tert-OH is 1. The van der Waals surface area contributed by atoms with Crippen molar-refractivity contribution in [1.29, 1.82) is 0 Å².